The number of rotatable bonds is 5. The van der Waals surface area contributed by atoms with Crippen LogP contribution in [0.5, 0.6) is 0 Å². The highest BCUT2D eigenvalue weighted by atomic mass is 15.0. The fourth-order valence-electron chi connectivity index (χ4n) is 3.00. The summed E-state index contributed by atoms with van der Waals surface area (Å²) in [6, 6.07) is 10.8. The molecular weight excluding hydrogens is 218 g/mol. The van der Waals surface area contributed by atoms with Gasteiger partial charge in [-0.05, 0) is 38.3 Å². The van der Waals surface area contributed by atoms with Gasteiger partial charge in [0.05, 0.1) is 0 Å². The van der Waals surface area contributed by atoms with Crippen molar-refractivity contribution in [2.75, 3.05) is 6.54 Å². The Kier molecular flexibility index (Phi) is 5.00. The van der Waals surface area contributed by atoms with Gasteiger partial charge in [-0.1, -0.05) is 61.7 Å². The maximum Gasteiger partial charge on any atom is 0.0364 e. The van der Waals surface area contributed by atoms with Crippen molar-refractivity contribution < 1.29 is 0 Å². The van der Waals surface area contributed by atoms with E-state index in [1.54, 1.807) is 0 Å². The maximum absolute atomic E-state index is 3.80. The lowest BCUT2D eigenvalue weighted by Gasteiger charge is -2.36. The minimum atomic E-state index is 0.280. The number of hydrogen-bond acceptors (Lipinski definition) is 1. The number of hydrogen-bond donors (Lipinski definition) is 1. The molecule has 2 rings (SSSR count). The second-order valence-electron chi connectivity index (χ2n) is 5.38. The zero-order valence-corrected chi connectivity index (χ0v) is 11.5. The predicted octanol–water partition coefficient (Wildman–Crippen LogP) is 4.10. The van der Waals surface area contributed by atoms with Crippen LogP contribution in [0.1, 0.15) is 44.6 Å². The third-order valence-corrected chi connectivity index (χ3v) is 3.97. The molecular formula is C17H25N. The molecule has 0 bridgehead atoms. The molecule has 1 nitrogen and oxygen atoms in total. The Morgan fingerprint density at radius 3 is 2.50 bits per heavy atom. The molecule has 1 N–H and O–H groups in total. The van der Waals surface area contributed by atoms with Gasteiger partial charge in [0.15, 0.2) is 0 Å². The Bertz CT molecular complexity index is 360. The molecule has 1 heteroatoms. The third kappa shape index (κ3) is 3.71. The molecule has 0 radical (unpaired) electrons. The molecule has 1 aliphatic carbocycles. The van der Waals surface area contributed by atoms with Gasteiger partial charge in [0.1, 0.15) is 0 Å². The van der Waals surface area contributed by atoms with Crippen molar-refractivity contribution in [2.24, 2.45) is 0 Å². The van der Waals surface area contributed by atoms with Gasteiger partial charge in [-0.15, -0.1) is 0 Å². The second-order valence-corrected chi connectivity index (χ2v) is 5.38. The first-order valence-corrected chi connectivity index (χ1v) is 7.27. The Hall–Kier alpha value is -1.08. The molecule has 1 aliphatic rings. The third-order valence-electron chi connectivity index (χ3n) is 3.97. The molecule has 1 aromatic rings. The van der Waals surface area contributed by atoms with Gasteiger partial charge < -0.3 is 5.32 Å². The van der Waals surface area contributed by atoms with Crippen LogP contribution in [0.4, 0.5) is 0 Å². The first-order chi connectivity index (χ1) is 8.85. The molecule has 0 amide bonds. The Labute approximate surface area is 111 Å². The Balaban J connectivity index is 1.86. The van der Waals surface area contributed by atoms with E-state index < -0.39 is 0 Å². The van der Waals surface area contributed by atoms with E-state index in [0.29, 0.717) is 0 Å². The van der Waals surface area contributed by atoms with Crippen LogP contribution in [0.2, 0.25) is 0 Å². The average Bonchev–Trinajstić information content (AvgIpc) is 2.41. The Morgan fingerprint density at radius 2 is 1.83 bits per heavy atom. The highest BCUT2D eigenvalue weighted by molar-refractivity contribution is 5.15. The van der Waals surface area contributed by atoms with Crippen LogP contribution in [0, 0.1) is 0 Å². The monoisotopic (exact) mass is 243 g/mol. The number of allylic oxidation sites excluding steroid dienone is 1. The summed E-state index contributed by atoms with van der Waals surface area (Å²) in [5.41, 5.74) is 1.71. The lowest BCUT2D eigenvalue weighted by atomic mass is 9.81. The topological polar surface area (TPSA) is 12.0 Å². The molecule has 1 aromatic carbocycles. The van der Waals surface area contributed by atoms with Crippen LogP contribution < -0.4 is 5.32 Å². The fourth-order valence-corrected chi connectivity index (χ4v) is 3.00. The normalized spacial score (nSPS) is 19.2. The molecule has 1 fully saturated rings. The van der Waals surface area contributed by atoms with Crippen molar-refractivity contribution in [2.45, 2.75) is 51.0 Å². The number of benzene rings is 1. The van der Waals surface area contributed by atoms with E-state index in [-0.39, 0.29) is 5.54 Å². The quantitative estimate of drug-likeness (QED) is 0.768. The zero-order valence-electron chi connectivity index (χ0n) is 11.5. The van der Waals surface area contributed by atoms with E-state index in [1.807, 2.05) is 0 Å². The molecule has 0 atom stereocenters. The van der Waals surface area contributed by atoms with Crippen molar-refractivity contribution >= 4 is 0 Å². The summed E-state index contributed by atoms with van der Waals surface area (Å²) in [7, 11) is 0. The summed E-state index contributed by atoms with van der Waals surface area (Å²) in [5, 5.41) is 3.80. The largest absolute Gasteiger partial charge is 0.308 e. The standard InChI is InChI=1S/C17H25N/c1-2-12-17(13-7-4-8-14-17)18-15-11-16-9-5-3-6-10-16/h2-3,5-6,9-10,12,18H,4,7-8,11,13-15H2,1H3/b12-2+. The zero-order chi connectivity index (χ0) is 12.7. The molecule has 18 heavy (non-hydrogen) atoms. The summed E-state index contributed by atoms with van der Waals surface area (Å²) in [4.78, 5) is 0. The van der Waals surface area contributed by atoms with Crippen LogP contribution in [0.3, 0.4) is 0 Å². The van der Waals surface area contributed by atoms with Gasteiger partial charge in [-0.25, -0.2) is 0 Å². The van der Waals surface area contributed by atoms with E-state index in [0.717, 1.165) is 13.0 Å². The predicted molar refractivity (Wildman–Crippen MR) is 78.8 cm³/mol. The fraction of sp³-hybridized carbons (Fsp3) is 0.529. The van der Waals surface area contributed by atoms with Gasteiger partial charge in [0.2, 0.25) is 0 Å². The van der Waals surface area contributed by atoms with E-state index in [4.69, 9.17) is 0 Å². The van der Waals surface area contributed by atoms with Crippen LogP contribution in [0.25, 0.3) is 0 Å². The molecule has 98 valence electrons. The van der Waals surface area contributed by atoms with Gasteiger partial charge in [-0.3, -0.25) is 0 Å². The molecule has 0 spiro atoms. The first-order valence-electron chi connectivity index (χ1n) is 7.27. The van der Waals surface area contributed by atoms with Crippen molar-refractivity contribution in [1.82, 2.24) is 5.32 Å². The minimum Gasteiger partial charge on any atom is -0.308 e. The number of nitrogens with one attached hydrogen (secondary N) is 1. The van der Waals surface area contributed by atoms with E-state index in [9.17, 15) is 0 Å². The van der Waals surface area contributed by atoms with E-state index in [2.05, 4.69) is 54.7 Å². The minimum absolute atomic E-state index is 0.280. The highest BCUT2D eigenvalue weighted by Gasteiger charge is 2.27. The first kappa shape index (κ1) is 13.4. The maximum atomic E-state index is 3.80. The smallest absolute Gasteiger partial charge is 0.0364 e. The molecule has 0 aliphatic heterocycles. The lowest BCUT2D eigenvalue weighted by Crippen LogP contribution is -2.45. The highest BCUT2D eigenvalue weighted by Crippen LogP contribution is 2.29. The summed E-state index contributed by atoms with van der Waals surface area (Å²) < 4.78 is 0. The molecule has 0 saturated heterocycles. The van der Waals surface area contributed by atoms with Gasteiger partial charge in [0, 0.05) is 5.54 Å². The molecule has 0 aromatic heterocycles. The average molecular weight is 243 g/mol. The Morgan fingerprint density at radius 1 is 1.11 bits per heavy atom. The SMILES string of the molecule is C/C=C/C1(NCCc2ccccc2)CCCCC1. The molecule has 0 unspecified atom stereocenters. The second kappa shape index (κ2) is 6.75. The summed E-state index contributed by atoms with van der Waals surface area (Å²) in [6.07, 6.45) is 12.4. The van der Waals surface area contributed by atoms with E-state index in [1.165, 1.54) is 37.7 Å². The molecule has 1 saturated carbocycles. The summed E-state index contributed by atoms with van der Waals surface area (Å²) >= 11 is 0. The van der Waals surface area contributed by atoms with Crippen LogP contribution >= 0.6 is 0 Å². The molecule has 0 heterocycles. The lowest BCUT2D eigenvalue weighted by molar-refractivity contribution is 0.291. The van der Waals surface area contributed by atoms with Gasteiger partial charge >= 0.3 is 0 Å². The summed E-state index contributed by atoms with van der Waals surface area (Å²) in [6.45, 7) is 3.21. The summed E-state index contributed by atoms with van der Waals surface area (Å²) in [5.74, 6) is 0. The van der Waals surface area contributed by atoms with Crippen molar-refractivity contribution in [3.8, 4) is 0 Å². The van der Waals surface area contributed by atoms with Gasteiger partial charge in [-0.2, -0.15) is 0 Å². The van der Waals surface area contributed by atoms with Crippen LogP contribution in [-0.4, -0.2) is 12.1 Å². The van der Waals surface area contributed by atoms with Crippen molar-refractivity contribution in [3.63, 3.8) is 0 Å². The van der Waals surface area contributed by atoms with Crippen LogP contribution in [-0.2, 0) is 6.42 Å². The van der Waals surface area contributed by atoms with E-state index >= 15 is 0 Å². The van der Waals surface area contributed by atoms with Crippen molar-refractivity contribution in [3.05, 3.63) is 48.0 Å². The van der Waals surface area contributed by atoms with Crippen LogP contribution in [0.15, 0.2) is 42.5 Å². The van der Waals surface area contributed by atoms with Gasteiger partial charge in [0.25, 0.3) is 0 Å². The van der Waals surface area contributed by atoms with Crippen molar-refractivity contribution in [1.29, 1.82) is 0 Å².